The normalized spacial score (nSPS) is 17.8. The van der Waals surface area contributed by atoms with Gasteiger partial charge in [-0.05, 0) is 55.2 Å². The summed E-state index contributed by atoms with van der Waals surface area (Å²) in [5.74, 6) is 1.35. The van der Waals surface area contributed by atoms with Crippen molar-refractivity contribution in [3.8, 4) is 17.0 Å². The van der Waals surface area contributed by atoms with E-state index in [4.69, 9.17) is 14.8 Å². The number of aliphatic hydroxyl groups excluding tert-OH is 2. The van der Waals surface area contributed by atoms with E-state index >= 15 is 0 Å². The Morgan fingerprint density at radius 1 is 1.09 bits per heavy atom. The number of anilines is 1. The maximum absolute atomic E-state index is 9.90. The highest BCUT2D eigenvalue weighted by molar-refractivity contribution is 5.73. The van der Waals surface area contributed by atoms with Crippen molar-refractivity contribution in [1.29, 1.82) is 0 Å². The molecule has 1 unspecified atom stereocenters. The first-order valence-corrected chi connectivity index (χ1v) is 12.0. The number of rotatable bonds is 9. The molecule has 0 spiro atoms. The molecule has 0 aliphatic heterocycles. The van der Waals surface area contributed by atoms with Gasteiger partial charge >= 0.3 is 0 Å². The number of nitrogens with one attached hydrogen (secondary N) is 1. The summed E-state index contributed by atoms with van der Waals surface area (Å²) in [7, 11) is 1.63. The quantitative estimate of drug-likeness (QED) is 0.303. The van der Waals surface area contributed by atoms with Crippen LogP contribution in [0.2, 0.25) is 0 Å². The summed E-state index contributed by atoms with van der Waals surface area (Å²) < 4.78 is 7.79. The number of hydrogen-bond donors (Lipinski definition) is 3. The van der Waals surface area contributed by atoms with Gasteiger partial charge in [-0.3, -0.25) is 0 Å². The third-order valence-corrected chi connectivity index (χ3v) is 6.09. The second-order valence-electron chi connectivity index (χ2n) is 8.56. The number of aliphatic hydroxyl groups is 2. The highest BCUT2D eigenvalue weighted by Crippen LogP contribution is 2.32. The monoisotopic (exact) mass is 471 g/mol. The van der Waals surface area contributed by atoms with Gasteiger partial charge in [-0.2, -0.15) is 0 Å². The van der Waals surface area contributed by atoms with Crippen molar-refractivity contribution in [3.05, 3.63) is 95.9 Å². The van der Waals surface area contributed by atoms with E-state index in [0.717, 1.165) is 23.5 Å². The molecular weight excluding hydrogens is 438 g/mol. The van der Waals surface area contributed by atoms with Gasteiger partial charge in [0.1, 0.15) is 0 Å². The molecule has 0 saturated carbocycles. The Hall–Kier alpha value is -3.61. The lowest BCUT2D eigenvalue weighted by Crippen LogP contribution is -2.11. The van der Waals surface area contributed by atoms with Gasteiger partial charge < -0.3 is 24.8 Å². The van der Waals surface area contributed by atoms with Gasteiger partial charge in [0.2, 0.25) is 0 Å². The van der Waals surface area contributed by atoms with Gasteiger partial charge in [0.15, 0.2) is 11.6 Å². The molecule has 0 saturated heterocycles. The van der Waals surface area contributed by atoms with Crippen molar-refractivity contribution >= 4 is 11.4 Å². The molecule has 1 aliphatic rings. The average Bonchev–Trinajstić information content (AvgIpc) is 3.25. The zero-order valence-electron chi connectivity index (χ0n) is 20.3. The topological polar surface area (TPSA) is 79.5 Å². The van der Waals surface area contributed by atoms with Gasteiger partial charge in [0.05, 0.1) is 25.5 Å². The molecule has 6 heteroatoms. The third-order valence-electron chi connectivity index (χ3n) is 6.09. The van der Waals surface area contributed by atoms with Crippen molar-refractivity contribution < 1.29 is 14.9 Å². The van der Waals surface area contributed by atoms with E-state index < -0.39 is 6.10 Å². The van der Waals surface area contributed by atoms with Crippen LogP contribution in [0.25, 0.3) is 16.8 Å². The number of pyridine rings is 1. The Morgan fingerprint density at radius 3 is 2.71 bits per heavy atom. The minimum absolute atomic E-state index is 0.122. The highest BCUT2D eigenvalue weighted by Gasteiger charge is 2.16. The zero-order valence-corrected chi connectivity index (χ0v) is 20.3. The van der Waals surface area contributed by atoms with Gasteiger partial charge in [-0.1, -0.05) is 54.6 Å². The van der Waals surface area contributed by atoms with E-state index in [0.29, 0.717) is 31.1 Å². The Bertz CT molecular complexity index is 1240. The number of methoxy groups -OCH3 is 1. The highest BCUT2D eigenvalue weighted by atomic mass is 16.5. The van der Waals surface area contributed by atoms with Crippen LogP contribution in [0.5, 0.6) is 5.75 Å². The Labute approximate surface area is 206 Å². The van der Waals surface area contributed by atoms with E-state index in [2.05, 4.69) is 59.3 Å². The van der Waals surface area contributed by atoms with E-state index in [-0.39, 0.29) is 6.61 Å². The fourth-order valence-corrected chi connectivity index (χ4v) is 4.27. The summed E-state index contributed by atoms with van der Waals surface area (Å²) in [6.07, 6.45) is 10.4. The van der Waals surface area contributed by atoms with E-state index in [9.17, 15) is 5.11 Å². The smallest absolute Gasteiger partial charge is 0.169 e. The number of aryl methyl sites for hydroxylation is 1. The second-order valence-corrected chi connectivity index (χ2v) is 8.56. The minimum Gasteiger partial charge on any atom is -0.493 e. The summed E-state index contributed by atoms with van der Waals surface area (Å²) in [6, 6.07) is 16.7. The Kier molecular flexibility index (Phi) is 8.19. The molecular formula is C29H33N3O3. The minimum atomic E-state index is -0.553. The maximum Gasteiger partial charge on any atom is 0.169 e. The number of ether oxygens (including phenoxy) is 1. The van der Waals surface area contributed by atoms with Crippen LogP contribution < -0.4 is 10.1 Å². The molecule has 6 nitrogen and oxygen atoms in total. The number of aromatic nitrogens is 2. The first kappa shape index (κ1) is 24.5. The number of hydrogen-bond acceptors (Lipinski definition) is 5. The lowest BCUT2D eigenvalue weighted by molar-refractivity contribution is 0.271. The lowest BCUT2D eigenvalue weighted by Gasteiger charge is -2.18. The zero-order chi connectivity index (χ0) is 24.6. The summed E-state index contributed by atoms with van der Waals surface area (Å²) in [5.41, 5.74) is 6.70. The summed E-state index contributed by atoms with van der Waals surface area (Å²) >= 11 is 0. The molecule has 0 amide bonds. The van der Waals surface area contributed by atoms with Gasteiger partial charge in [0, 0.05) is 30.1 Å². The SMILES string of the molecule is COc1ccc(Cn2c(/C3=C/C=CC(O)/C=C\C3)ccc2-c2ccccc2C)nc1NCCCO. The molecule has 4 rings (SSSR count). The van der Waals surface area contributed by atoms with Crippen LogP contribution in [0, 0.1) is 6.92 Å². The van der Waals surface area contributed by atoms with E-state index in [1.165, 1.54) is 16.7 Å². The van der Waals surface area contributed by atoms with Crippen LogP contribution in [0.4, 0.5) is 5.82 Å². The number of nitrogens with zero attached hydrogens (tertiary/aromatic N) is 2. The predicted molar refractivity (Wildman–Crippen MR) is 142 cm³/mol. The van der Waals surface area contributed by atoms with Crippen molar-refractivity contribution in [2.24, 2.45) is 0 Å². The van der Waals surface area contributed by atoms with Gasteiger partial charge in [0.25, 0.3) is 0 Å². The molecule has 0 bridgehead atoms. The van der Waals surface area contributed by atoms with Crippen molar-refractivity contribution in [2.45, 2.75) is 32.4 Å². The van der Waals surface area contributed by atoms with Gasteiger partial charge in [-0.15, -0.1) is 0 Å². The summed E-state index contributed by atoms with van der Waals surface area (Å²) in [4.78, 5) is 4.86. The second kappa shape index (κ2) is 11.7. The molecule has 3 aromatic rings. The molecule has 3 N–H and O–H groups in total. The van der Waals surface area contributed by atoms with Crippen LogP contribution in [0.3, 0.4) is 0 Å². The van der Waals surface area contributed by atoms with Crippen LogP contribution in [0.15, 0.2) is 78.9 Å². The number of benzene rings is 1. The van der Waals surface area contributed by atoms with Crippen molar-refractivity contribution in [3.63, 3.8) is 0 Å². The Balaban J connectivity index is 1.77. The molecule has 2 aromatic heterocycles. The molecule has 1 aromatic carbocycles. The largest absolute Gasteiger partial charge is 0.493 e. The van der Waals surface area contributed by atoms with Crippen LogP contribution in [0.1, 0.15) is 29.8 Å². The lowest BCUT2D eigenvalue weighted by atomic mass is 10.0. The van der Waals surface area contributed by atoms with E-state index in [1.807, 2.05) is 30.4 Å². The molecule has 35 heavy (non-hydrogen) atoms. The predicted octanol–water partition coefficient (Wildman–Crippen LogP) is 4.97. The van der Waals surface area contributed by atoms with Crippen LogP contribution in [-0.4, -0.2) is 46.1 Å². The molecule has 2 heterocycles. The first-order valence-electron chi connectivity index (χ1n) is 12.0. The molecule has 182 valence electrons. The van der Waals surface area contributed by atoms with E-state index in [1.54, 1.807) is 13.2 Å². The molecule has 1 aliphatic carbocycles. The third kappa shape index (κ3) is 5.91. The van der Waals surface area contributed by atoms with Crippen LogP contribution >= 0.6 is 0 Å². The molecule has 1 atom stereocenters. The standard InChI is InChI=1S/C29H33N3O3/c1-21-8-3-4-13-25(21)27-16-15-26(22-9-5-11-24(34)12-6-10-22)32(27)20-23-14-17-28(35-2)29(31-23)30-18-7-19-33/h3-6,8-9,11-17,24,33-34H,7,10,18-20H2,1-2H3,(H,30,31)/b11-5?,12-6-,22-9+. The van der Waals surface area contributed by atoms with Gasteiger partial charge in [-0.25, -0.2) is 4.98 Å². The maximum atomic E-state index is 9.90. The average molecular weight is 472 g/mol. The first-order chi connectivity index (χ1) is 17.1. The van der Waals surface area contributed by atoms with Crippen molar-refractivity contribution in [1.82, 2.24) is 9.55 Å². The Morgan fingerprint density at radius 2 is 1.91 bits per heavy atom. The fraction of sp³-hybridized carbons (Fsp3) is 0.276. The molecule has 0 fully saturated rings. The van der Waals surface area contributed by atoms with Crippen molar-refractivity contribution in [2.75, 3.05) is 25.6 Å². The molecule has 0 radical (unpaired) electrons. The summed E-state index contributed by atoms with van der Waals surface area (Å²) in [5, 5.41) is 22.3. The fourth-order valence-electron chi connectivity index (χ4n) is 4.27. The number of allylic oxidation sites excluding steroid dienone is 4. The summed E-state index contributed by atoms with van der Waals surface area (Å²) in [6.45, 7) is 3.45. The van der Waals surface area contributed by atoms with Crippen LogP contribution in [-0.2, 0) is 6.54 Å².